The monoisotopic (exact) mass is 359 g/mol. The molecule has 2 aromatic rings. The Hall–Kier alpha value is -1.45. The molecular weight excluding hydrogens is 340 g/mol. The fourth-order valence-electron chi connectivity index (χ4n) is 2.47. The van der Waals surface area contributed by atoms with Crippen LogP contribution in [0.3, 0.4) is 0 Å². The second-order valence-electron chi connectivity index (χ2n) is 5.67. The maximum Gasteiger partial charge on any atom is 0.330 e. The van der Waals surface area contributed by atoms with Gasteiger partial charge in [-0.2, -0.15) is 0 Å². The number of nitrogens with zero attached hydrogens (tertiary/aromatic N) is 4. The number of hydrogen-bond donors (Lipinski definition) is 2. The predicted octanol–water partition coefficient (Wildman–Crippen LogP) is 1.69. The number of hydrogen-bond acceptors (Lipinski definition) is 8. The van der Waals surface area contributed by atoms with Gasteiger partial charge in [-0.25, -0.2) is 19.3 Å². The van der Waals surface area contributed by atoms with Crippen LogP contribution in [0.5, 0.6) is 0 Å². The molecule has 0 spiro atoms. The van der Waals surface area contributed by atoms with Crippen molar-refractivity contribution in [1.29, 1.82) is 0 Å². The Kier molecular flexibility index (Phi) is 5.21. The fourth-order valence-corrected chi connectivity index (χ4v) is 3.18. The molecule has 0 amide bonds. The standard InChI is InChI=1S/C13H19FN5O4P/c1-7(2)23-24(20)21-4-8-3-9(14)13(22-8)19-6-18-10-11(15)16-5-17-12(10)19/h5-9,13,20H,3-4H2,1-2H3,(H2,15,16,17). The molecule has 3 heterocycles. The fraction of sp³-hybridized carbons (Fsp3) is 0.615. The highest BCUT2D eigenvalue weighted by Gasteiger charge is 2.38. The summed E-state index contributed by atoms with van der Waals surface area (Å²) in [5, 5.41) is 0. The molecule has 1 aliphatic heterocycles. The zero-order chi connectivity index (χ0) is 17.3. The molecule has 24 heavy (non-hydrogen) atoms. The molecule has 0 bridgehead atoms. The van der Waals surface area contributed by atoms with E-state index in [2.05, 4.69) is 15.0 Å². The maximum atomic E-state index is 14.4. The van der Waals surface area contributed by atoms with E-state index in [1.165, 1.54) is 17.2 Å². The van der Waals surface area contributed by atoms with Crippen LogP contribution in [0.4, 0.5) is 10.2 Å². The minimum atomic E-state index is -2.00. The van der Waals surface area contributed by atoms with E-state index in [4.69, 9.17) is 19.5 Å². The lowest BCUT2D eigenvalue weighted by molar-refractivity contribution is -0.0338. The second-order valence-corrected chi connectivity index (χ2v) is 6.62. The van der Waals surface area contributed by atoms with Crippen LogP contribution >= 0.6 is 8.60 Å². The number of halogens is 1. The highest BCUT2D eigenvalue weighted by Crippen LogP contribution is 2.38. The van der Waals surface area contributed by atoms with Gasteiger partial charge < -0.3 is 24.4 Å². The quantitative estimate of drug-likeness (QED) is 0.748. The van der Waals surface area contributed by atoms with Gasteiger partial charge in [0.05, 0.1) is 25.1 Å². The molecule has 2 aromatic heterocycles. The lowest BCUT2D eigenvalue weighted by Crippen LogP contribution is -2.17. The number of rotatable bonds is 6. The molecular formula is C13H19FN5O4P. The molecule has 3 rings (SSSR count). The predicted molar refractivity (Wildman–Crippen MR) is 84.5 cm³/mol. The van der Waals surface area contributed by atoms with Gasteiger partial charge in [-0.1, -0.05) is 0 Å². The van der Waals surface area contributed by atoms with Crippen molar-refractivity contribution in [2.45, 2.75) is 44.9 Å². The van der Waals surface area contributed by atoms with E-state index in [0.717, 1.165) is 0 Å². The van der Waals surface area contributed by atoms with Crippen molar-refractivity contribution in [2.75, 3.05) is 12.3 Å². The highest BCUT2D eigenvalue weighted by atomic mass is 31.2. The molecule has 3 N–H and O–H groups in total. The van der Waals surface area contributed by atoms with Crippen molar-refractivity contribution in [1.82, 2.24) is 19.5 Å². The normalized spacial score (nSPS) is 25.6. The lowest BCUT2D eigenvalue weighted by atomic mass is 10.2. The third-order valence-electron chi connectivity index (χ3n) is 3.46. The first-order valence-electron chi connectivity index (χ1n) is 7.47. The average Bonchev–Trinajstić information content (AvgIpc) is 3.08. The number of ether oxygens (including phenoxy) is 1. The smallest absolute Gasteiger partial charge is 0.330 e. The number of nitrogen functional groups attached to an aromatic ring is 1. The Bertz CT molecular complexity index is 702. The molecule has 0 saturated carbocycles. The van der Waals surface area contributed by atoms with Crippen molar-refractivity contribution in [2.24, 2.45) is 0 Å². The topological polar surface area (TPSA) is 118 Å². The maximum absolute atomic E-state index is 14.4. The van der Waals surface area contributed by atoms with E-state index >= 15 is 0 Å². The molecule has 1 aliphatic rings. The van der Waals surface area contributed by atoms with E-state index in [1.54, 1.807) is 13.8 Å². The molecule has 0 aromatic carbocycles. The van der Waals surface area contributed by atoms with E-state index in [9.17, 15) is 9.28 Å². The summed E-state index contributed by atoms with van der Waals surface area (Å²) in [4.78, 5) is 21.6. The number of fused-ring (bicyclic) bond motifs is 1. The van der Waals surface area contributed by atoms with Crippen LogP contribution in [0, 0.1) is 0 Å². The van der Waals surface area contributed by atoms with Gasteiger partial charge in [0, 0.05) is 6.42 Å². The van der Waals surface area contributed by atoms with Crippen molar-refractivity contribution in [3.63, 3.8) is 0 Å². The average molecular weight is 359 g/mol. The summed E-state index contributed by atoms with van der Waals surface area (Å²) in [5.74, 6) is 0.226. The van der Waals surface area contributed by atoms with Gasteiger partial charge in [-0.3, -0.25) is 4.57 Å². The van der Waals surface area contributed by atoms with Crippen molar-refractivity contribution in [3.8, 4) is 0 Å². The second kappa shape index (κ2) is 7.20. The summed E-state index contributed by atoms with van der Waals surface area (Å²) >= 11 is 0. The van der Waals surface area contributed by atoms with Crippen LogP contribution < -0.4 is 5.73 Å². The first-order chi connectivity index (χ1) is 11.5. The Labute approximate surface area is 139 Å². The van der Waals surface area contributed by atoms with E-state index in [-0.39, 0.29) is 24.9 Å². The summed E-state index contributed by atoms with van der Waals surface area (Å²) in [5.41, 5.74) is 6.54. The molecule has 4 unspecified atom stereocenters. The van der Waals surface area contributed by atoms with Crippen LogP contribution in [-0.4, -0.2) is 49.4 Å². The molecule has 1 fully saturated rings. The summed E-state index contributed by atoms with van der Waals surface area (Å²) < 4.78 is 31.9. The molecule has 1 saturated heterocycles. The molecule has 0 radical (unpaired) electrons. The Morgan fingerprint density at radius 3 is 3.04 bits per heavy atom. The molecule has 9 nitrogen and oxygen atoms in total. The summed E-state index contributed by atoms with van der Waals surface area (Å²) in [6.45, 7) is 3.61. The van der Waals surface area contributed by atoms with Crippen LogP contribution in [0.2, 0.25) is 0 Å². The zero-order valence-corrected chi connectivity index (χ0v) is 14.1. The van der Waals surface area contributed by atoms with Crippen molar-refractivity contribution < 1.29 is 23.1 Å². The van der Waals surface area contributed by atoms with Crippen LogP contribution in [0.1, 0.15) is 26.5 Å². The number of anilines is 1. The third kappa shape index (κ3) is 3.62. The molecule has 4 atom stereocenters. The first-order valence-corrected chi connectivity index (χ1v) is 8.60. The minimum Gasteiger partial charge on any atom is -0.382 e. The van der Waals surface area contributed by atoms with Crippen molar-refractivity contribution in [3.05, 3.63) is 12.7 Å². The van der Waals surface area contributed by atoms with Crippen LogP contribution in [0.15, 0.2) is 12.7 Å². The Balaban J connectivity index is 1.66. The molecule has 0 aliphatic carbocycles. The van der Waals surface area contributed by atoms with Crippen LogP contribution in [0.25, 0.3) is 11.2 Å². The Morgan fingerprint density at radius 1 is 1.50 bits per heavy atom. The number of nitrogens with two attached hydrogens (primary N) is 1. The molecule has 132 valence electrons. The lowest BCUT2D eigenvalue weighted by Gasteiger charge is -2.17. The van der Waals surface area contributed by atoms with Gasteiger partial charge in [-0.05, 0) is 13.8 Å². The number of alkyl halides is 1. The van der Waals surface area contributed by atoms with Gasteiger partial charge in [-0.15, -0.1) is 0 Å². The molecule has 11 heteroatoms. The first kappa shape index (κ1) is 17.4. The number of imidazole rings is 1. The van der Waals surface area contributed by atoms with E-state index < -0.39 is 27.1 Å². The third-order valence-corrected chi connectivity index (χ3v) is 4.43. The van der Waals surface area contributed by atoms with Gasteiger partial charge >= 0.3 is 8.60 Å². The SMILES string of the molecule is CC(C)OP(O)OCC1CC(F)C(n2cnc3c(N)ncnc32)O1. The van der Waals surface area contributed by atoms with Gasteiger partial charge in [0.15, 0.2) is 17.7 Å². The Morgan fingerprint density at radius 2 is 2.29 bits per heavy atom. The summed E-state index contributed by atoms with van der Waals surface area (Å²) in [7, 11) is -2.00. The summed E-state index contributed by atoms with van der Waals surface area (Å²) in [6.07, 6.45) is 0.0504. The van der Waals surface area contributed by atoms with E-state index in [1.807, 2.05) is 0 Å². The van der Waals surface area contributed by atoms with Gasteiger partial charge in [0.25, 0.3) is 0 Å². The van der Waals surface area contributed by atoms with Gasteiger partial charge in [0.2, 0.25) is 0 Å². The van der Waals surface area contributed by atoms with Crippen LogP contribution in [-0.2, 0) is 13.8 Å². The van der Waals surface area contributed by atoms with Crippen molar-refractivity contribution >= 4 is 25.6 Å². The van der Waals surface area contributed by atoms with Gasteiger partial charge in [0.1, 0.15) is 18.0 Å². The zero-order valence-electron chi connectivity index (χ0n) is 13.2. The van der Waals surface area contributed by atoms with E-state index in [0.29, 0.717) is 11.2 Å². The number of aromatic nitrogens is 4. The highest BCUT2D eigenvalue weighted by molar-refractivity contribution is 7.40. The summed E-state index contributed by atoms with van der Waals surface area (Å²) in [6, 6.07) is 0. The largest absolute Gasteiger partial charge is 0.382 e. The minimum absolute atomic E-state index is 0.0373.